The molecule has 2 aromatic heterocycles. The summed E-state index contributed by atoms with van der Waals surface area (Å²) in [4.78, 5) is 19.2. The SMILES string of the molecule is O=C(NCCN1CCNCC1)c1ccc(Nc2nc3cccc(-c4cccc(C(F)(F)F)c4)n3n2)cc1. The van der Waals surface area contributed by atoms with Crippen molar-refractivity contribution in [1.82, 2.24) is 30.1 Å². The van der Waals surface area contributed by atoms with Gasteiger partial charge in [-0.15, -0.1) is 5.10 Å². The lowest BCUT2D eigenvalue weighted by molar-refractivity contribution is -0.137. The quantitative estimate of drug-likeness (QED) is 0.352. The Morgan fingerprint density at radius 1 is 1.00 bits per heavy atom. The lowest BCUT2D eigenvalue weighted by Crippen LogP contribution is -2.46. The summed E-state index contributed by atoms with van der Waals surface area (Å²) in [6, 6.07) is 17.2. The molecular formula is C26H26F3N7O. The van der Waals surface area contributed by atoms with Gasteiger partial charge >= 0.3 is 6.18 Å². The molecule has 1 saturated heterocycles. The highest BCUT2D eigenvalue weighted by Crippen LogP contribution is 2.32. The second-order valence-electron chi connectivity index (χ2n) is 8.74. The molecule has 0 saturated carbocycles. The first-order valence-electron chi connectivity index (χ1n) is 12.0. The van der Waals surface area contributed by atoms with Crippen LogP contribution in [0.3, 0.4) is 0 Å². The summed E-state index contributed by atoms with van der Waals surface area (Å²) in [6.07, 6.45) is -4.44. The minimum Gasteiger partial charge on any atom is -0.351 e. The average molecular weight is 510 g/mol. The highest BCUT2D eigenvalue weighted by Gasteiger charge is 2.30. The Labute approximate surface area is 211 Å². The molecule has 2 aromatic carbocycles. The summed E-state index contributed by atoms with van der Waals surface area (Å²) in [5.74, 6) is 0.144. The summed E-state index contributed by atoms with van der Waals surface area (Å²) < 4.78 is 41.1. The van der Waals surface area contributed by atoms with Crippen molar-refractivity contribution in [3.05, 3.63) is 77.9 Å². The number of pyridine rings is 1. The predicted octanol–water partition coefficient (Wildman–Crippen LogP) is 3.79. The van der Waals surface area contributed by atoms with E-state index in [0.717, 1.165) is 44.9 Å². The number of aromatic nitrogens is 3. The van der Waals surface area contributed by atoms with Crippen LogP contribution in [0.15, 0.2) is 66.7 Å². The molecule has 1 aliphatic rings. The van der Waals surface area contributed by atoms with Gasteiger partial charge in [0.05, 0.1) is 11.3 Å². The molecule has 37 heavy (non-hydrogen) atoms. The van der Waals surface area contributed by atoms with Crippen LogP contribution in [-0.4, -0.2) is 64.7 Å². The van der Waals surface area contributed by atoms with Gasteiger partial charge in [-0.05, 0) is 48.5 Å². The van der Waals surface area contributed by atoms with E-state index in [-0.39, 0.29) is 11.9 Å². The van der Waals surface area contributed by atoms with Gasteiger partial charge in [0.1, 0.15) is 0 Å². The number of fused-ring (bicyclic) bond motifs is 1. The van der Waals surface area contributed by atoms with Crippen molar-refractivity contribution >= 4 is 23.2 Å². The molecule has 5 rings (SSSR count). The van der Waals surface area contributed by atoms with Gasteiger partial charge in [0.15, 0.2) is 5.65 Å². The monoisotopic (exact) mass is 509 g/mol. The van der Waals surface area contributed by atoms with Crippen molar-refractivity contribution < 1.29 is 18.0 Å². The molecule has 0 unspecified atom stereocenters. The van der Waals surface area contributed by atoms with E-state index in [4.69, 9.17) is 0 Å². The van der Waals surface area contributed by atoms with Crippen LogP contribution in [0.2, 0.25) is 0 Å². The van der Waals surface area contributed by atoms with Gasteiger partial charge in [-0.25, -0.2) is 4.52 Å². The first-order chi connectivity index (χ1) is 17.9. The third-order valence-corrected chi connectivity index (χ3v) is 6.17. The van der Waals surface area contributed by atoms with Crippen LogP contribution in [0, 0.1) is 0 Å². The number of halogens is 3. The van der Waals surface area contributed by atoms with Gasteiger partial charge in [-0.2, -0.15) is 18.2 Å². The third-order valence-electron chi connectivity index (χ3n) is 6.17. The second kappa shape index (κ2) is 10.6. The summed E-state index contributed by atoms with van der Waals surface area (Å²) >= 11 is 0. The summed E-state index contributed by atoms with van der Waals surface area (Å²) in [7, 11) is 0. The lowest BCUT2D eigenvalue weighted by Gasteiger charge is -2.27. The van der Waals surface area contributed by atoms with Crippen molar-refractivity contribution in [1.29, 1.82) is 0 Å². The number of hydrogen-bond acceptors (Lipinski definition) is 6. The van der Waals surface area contributed by atoms with Crippen LogP contribution in [-0.2, 0) is 6.18 Å². The predicted molar refractivity (Wildman–Crippen MR) is 135 cm³/mol. The number of carbonyl (C=O) groups excluding carboxylic acids is 1. The molecule has 3 N–H and O–H groups in total. The fraction of sp³-hybridized carbons (Fsp3) is 0.269. The number of amides is 1. The summed E-state index contributed by atoms with van der Waals surface area (Å²) in [6.45, 7) is 5.29. The fourth-order valence-corrected chi connectivity index (χ4v) is 4.23. The Hall–Kier alpha value is -3.96. The molecular weight excluding hydrogens is 483 g/mol. The number of benzene rings is 2. The van der Waals surface area contributed by atoms with E-state index in [2.05, 4.69) is 30.9 Å². The zero-order valence-electron chi connectivity index (χ0n) is 19.9. The van der Waals surface area contributed by atoms with Crippen molar-refractivity contribution in [2.45, 2.75) is 6.18 Å². The molecule has 1 amide bonds. The van der Waals surface area contributed by atoms with E-state index in [1.165, 1.54) is 10.6 Å². The van der Waals surface area contributed by atoms with E-state index >= 15 is 0 Å². The molecule has 0 spiro atoms. The fourth-order valence-electron chi connectivity index (χ4n) is 4.23. The Morgan fingerprint density at radius 3 is 2.51 bits per heavy atom. The van der Waals surface area contributed by atoms with Gasteiger partial charge in [0, 0.05) is 56.1 Å². The van der Waals surface area contributed by atoms with Gasteiger partial charge in [-0.1, -0.05) is 18.2 Å². The Bertz CT molecular complexity index is 1380. The molecule has 1 aliphatic heterocycles. The van der Waals surface area contributed by atoms with E-state index in [1.807, 2.05) is 0 Å². The van der Waals surface area contributed by atoms with E-state index < -0.39 is 11.7 Å². The standard InChI is InChI=1S/C26H26F3N7O/c27-26(28,29)20-4-1-3-19(17-20)22-5-2-6-23-33-25(34-36(22)23)32-21-9-7-18(8-10-21)24(37)31-13-16-35-14-11-30-12-15-35/h1-10,17,30H,11-16H2,(H,31,37)(H,32,34). The van der Waals surface area contributed by atoms with Crippen molar-refractivity contribution in [2.75, 3.05) is 44.6 Å². The van der Waals surface area contributed by atoms with E-state index in [0.29, 0.717) is 34.7 Å². The molecule has 0 aliphatic carbocycles. The highest BCUT2D eigenvalue weighted by molar-refractivity contribution is 5.94. The number of nitrogens with one attached hydrogen (secondary N) is 3. The summed E-state index contributed by atoms with van der Waals surface area (Å²) in [5, 5.41) is 13.8. The number of piperazine rings is 1. The van der Waals surface area contributed by atoms with Crippen LogP contribution in [0.25, 0.3) is 16.9 Å². The Morgan fingerprint density at radius 2 is 1.76 bits per heavy atom. The molecule has 8 nitrogen and oxygen atoms in total. The minimum atomic E-state index is -4.44. The number of nitrogens with zero attached hydrogens (tertiary/aromatic N) is 4. The molecule has 0 bridgehead atoms. The number of hydrogen-bond donors (Lipinski definition) is 3. The lowest BCUT2D eigenvalue weighted by atomic mass is 10.1. The van der Waals surface area contributed by atoms with E-state index in [1.54, 1.807) is 48.5 Å². The minimum absolute atomic E-state index is 0.140. The smallest absolute Gasteiger partial charge is 0.351 e. The highest BCUT2D eigenvalue weighted by atomic mass is 19.4. The molecule has 0 atom stereocenters. The van der Waals surface area contributed by atoms with Crippen LogP contribution in [0.5, 0.6) is 0 Å². The molecule has 192 valence electrons. The van der Waals surface area contributed by atoms with Gasteiger partial charge in [0.2, 0.25) is 5.95 Å². The molecule has 0 radical (unpaired) electrons. The van der Waals surface area contributed by atoms with Crippen molar-refractivity contribution in [3.8, 4) is 11.3 Å². The van der Waals surface area contributed by atoms with E-state index in [9.17, 15) is 18.0 Å². The van der Waals surface area contributed by atoms with Crippen LogP contribution >= 0.6 is 0 Å². The maximum Gasteiger partial charge on any atom is 0.416 e. The number of anilines is 2. The maximum atomic E-state index is 13.2. The Kier molecular flexibility index (Phi) is 7.06. The van der Waals surface area contributed by atoms with Crippen LogP contribution in [0.4, 0.5) is 24.8 Å². The molecule has 1 fully saturated rings. The third kappa shape index (κ3) is 5.89. The summed E-state index contributed by atoms with van der Waals surface area (Å²) in [5.41, 5.74) is 1.84. The average Bonchev–Trinajstić information content (AvgIpc) is 3.32. The number of alkyl halides is 3. The van der Waals surface area contributed by atoms with Gasteiger partial charge < -0.3 is 16.0 Å². The topological polar surface area (TPSA) is 86.6 Å². The van der Waals surface area contributed by atoms with Crippen LogP contribution < -0.4 is 16.0 Å². The maximum absolute atomic E-state index is 13.2. The van der Waals surface area contributed by atoms with Crippen molar-refractivity contribution in [2.24, 2.45) is 0 Å². The van der Waals surface area contributed by atoms with Gasteiger partial charge in [-0.3, -0.25) is 9.69 Å². The number of rotatable bonds is 7. The normalized spacial score (nSPS) is 14.6. The zero-order chi connectivity index (χ0) is 25.8. The first-order valence-corrected chi connectivity index (χ1v) is 12.0. The first kappa shape index (κ1) is 24.7. The Balaban J connectivity index is 1.26. The molecule has 11 heteroatoms. The largest absolute Gasteiger partial charge is 0.416 e. The molecule has 3 heterocycles. The van der Waals surface area contributed by atoms with Gasteiger partial charge in [0.25, 0.3) is 5.91 Å². The van der Waals surface area contributed by atoms with Crippen molar-refractivity contribution in [3.63, 3.8) is 0 Å². The second-order valence-corrected chi connectivity index (χ2v) is 8.74. The molecule has 4 aromatic rings. The number of carbonyl (C=O) groups is 1. The zero-order valence-corrected chi connectivity index (χ0v) is 19.9. The van der Waals surface area contributed by atoms with Crippen LogP contribution in [0.1, 0.15) is 15.9 Å².